The summed E-state index contributed by atoms with van der Waals surface area (Å²) in [4.78, 5) is 11.6. The number of ether oxygens (including phenoxy) is 1. The normalized spacial score (nSPS) is 16.1. The Morgan fingerprint density at radius 1 is 1.41 bits per heavy atom. The largest absolute Gasteiger partial charge is 0.488 e. The van der Waals surface area contributed by atoms with Crippen LogP contribution in [0.5, 0.6) is 0 Å². The highest BCUT2D eigenvalue weighted by molar-refractivity contribution is 5.87. The summed E-state index contributed by atoms with van der Waals surface area (Å²) in [6.45, 7) is 12.1. The summed E-state index contributed by atoms with van der Waals surface area (Å²) in [6, 6.07) is 0. The van der Waals surface area contributed by atoms with Gasteiger partial charge >= 0.3 is 0 Å². The molecule has 1 N–H and O–H groups in total. The van der Waals surface area contributed by atoms with E-state index < -0.39 is 0 Å². The second kappa shape index (κ2) is 12.9. The molecule has 1 fully saturated rings. The van der Waals surface area contributed by atoms with E-state index in [0.29, 0.717) is 18.1 Å². The first kappa shape index (κ1) is 22.7. The van der Waals surface area contributed by atoms with Crippen LogP contribution >= 0.6 is 0 Å². The molecule has 1 aliphatic rings. The Labute approximate surface area is 163 Å². The summed E-state index contributed by atoms with van der Waals surface area (Å²) in [5.74, 6) is 0.310. The van der Waals surface area contributed by atoms with Crippen LogP contribution in [0.2, 0.25) is 0 Å². The standard InChI is InChI=1S/C21H34N4O2/c1-6-9-10-11-14-27-21(17-26)20(25-13-12-22-25)16-23-24(5)19(8-3)15-18(4)7-2/h6-7,15-17,22H,1,8-14H2,2-5H3/b18-7-,19-15+,21-20-,23-16+. The van der Waals surface area contributed by atoms with Crippen LogP contribution in [-0.4, -0.2) is 49.3 Å². The highest BCUT2D eigenvalue weighted by atomic mass is 16.5. The summed E-state index contributed by atoms with van der Waals surface area (Å²) >= 11 is 0. The molecule has 1 aliphatic heterocycles. The van der Waals surface area contributed by atoms with Crippen molar-refractivity contribution in [3.63, 3.8) is 0 Å². The summed E-state index contributed by atoms with van der Waals surface area (Å²) in [5, 5.41) is 8.25. The van der Waals surface area contributed by atoms with Gasteiger partial charge in [0.15, 0.2) is 12.0 Å². The van der Waals surface area contributed by atoms with Gasteiger partial charge in [0.05, 0.1) is 12.8 Å². The number of hydrazone groups is 1. The molecule has 0 saturated carbocycles. The third-order valence-corrected chi connectivity index (χ3v) is 4.33. The number of rotatable bonds is 13. The Morgan fingerprint density at radius 3 is 2.67 bits per heavy atom. The first-order valence-electron chi connectivity index (χ1n) is 9.62. The Morgan fingerprint density at radius 2 is 2.15 bits per heavy atom. The number of carbonyl (C=O) groups is 1. The van der Waals surface area contributed by atoms with Gasteiger partial charge in [0.1, 0.15) is 5.70 Å². The monoisotopic (exact) mass is 374 g/mol. The molecular weight excluding hydrogens is 340 g/mol. The third kappa shape index (κ3) is 7.83. The van der Waals surface area contributed by atoms with Crippen LogP contribution in [0.25, 0.3) is 0 Å². The molecule has 150 valence electrons. The molecule has 27 heavy (non-hydrogen) atoms. The Bertz CT molecular complexity index is 601. The summed E-state index contributed by atoms with van der Waals surface area (Å²) < 4.78 is 5.72. The van der Waals surface area contributed by atoms with Crippen molar-refractivity contribution in [2.75, 3.05) is 26.7 Å². The van der Waals surface area contributed by atoms with Crippen LogP contribution in [-0.2, 0) is 9.53 Å². The van der Waals surface area contributed by atoms with Crippen molar-refractivity contribution < 1.29 is 9.53 Å². The van der Waals surface area contributed by atoms with E-state index in [1.807, 2.05) is 30.1 Å². The molecule has 0 spiro atoms. The summed E-state index contributed by atoms with van der Waals surface area (Å²) in [6.07, 6.45) is 12.2. The first-order valence-corrected chi connectivity index (χ1v) is 9.62. The fourth-order valence-corrected chi connectivity index (χ4v) is 2.42. The van der Waals surface area contributed by atoms with Gasteiger partial charge in [-0.2, -0.15) is 5.10 Å². The quantitative estimate of drug-likeness (QED) is 0.0777. The first-order chi connectivity index (χ1) is 13.1. The van der Waals surface area contributed by atoms with Crippen molar-refractivity contribution in [1.29, 1.82) is 0 Å². The minimum Gasteiger partial charge on any atom is -0.488 e. The second-order valence-corrected chi connectivity index (χ2v) is 6.35. The number of carbonyl (C=O) groups excluding carboxylic acids is 1. The van der Waals surface area contributed by atoms with Crippen LogP contribution in [0.1, 0.15) is 46.5 Å². The molecule has 0 aliphatic carbocycles. The highest BCUT2D eigenvalue weighted by Crippen LogP contribution is 2.14. The smallest absolute Gasteiger partial charge is 0.186 e. The van der Waals surface area contributed by atoms with Gasteiger partial charge in [-0.25, -0.2) is 5.43 Å². The van der Waals surface area contributed by atoms with Gasteiger partial charge in [0.25, 0.3) is 0 Å². The number of aldehydes is 1. The van der Waals surface area contributed by atoms with Gasteiger partial charge in [0.2, 0.25) is 0 Å². The molecule has 0 atom stereocenters. The van der Waals surface area contributed by atoms with Gasteiger partial charge < -0.3 is 9.75 Å². The summed E-state index contributed by atoms with van der Waals surface area (Å²) in [7, 11) is 1.91. The molecule has 1 rings (SSSR count). The van der Waals surface area contributed by atoms with E-state index in [1.54, 1.807) is 6.21 Å². The molecular formula is C21H34N4O2. The molecule has 0 amide bonds. The Kier molecular flexibility index (Phi) is 10.9. The Balaban J connectivity index is 2.90. The van der Waals surface area contributed by atoms with E-state index in [1.165, 1.54) is 5.57 Å². The van der Waals surface area contributed by atoms with Gasteiger partial charge in [-0.05, 0) is 45.6 Å². The highest BCUT2D eigenvalue weighted by Gasteiger charge is 2.20. The van der Waals surface area contributed by atoms with Crippen LogP contribution < -0.4 is 5.43 Å². The second-order valence-electron chi connectivity index (χ2n) is 6.35. The predicted molar refractivity (Wildman–Crippen MR) is 112 cm³/mol. The van der Waals surface area contributed by atoms with Crippen molar-refractivity contribution >= 4 is 12.5 Å². The topological polar surface area (TPSA) is 57.2 Å². The van der Waals surface area contributed by atoms with Crippen LogP contribution in [0.3, 0.4) is 0 Å². The maximum Gasteiger partial charge on any atom is 0.186 e. The number of hydrogen-bond donors (Lipinski definition) is 1. The zero-order chi connectivity index (χ0) is 20.1. The Hall–Kier alpha value is -2.34. The fourth-order valence-electron chi connectivity index (χ4n) is 2.42. The van der Waals surface area contributed by atoms with Crippen molar-refractivity contribution in [3.05, 3.63) is 47.5 Å². The van der Waals surface area contributed by atoms with Crippen molar-refractivity contribution in [2.24, 2.45) is 5.10 Å². The molecule has 0 aromatic heterocycles. The minimum absolute atomic E-state index is 0.310. The number of hydrazine groups is 1. The summed E-state index contributed by atoms with van der Waals surface area (Å²) in [5.41, 5.74) is 6.11. The maximum absolute atomic E-state index is 11.6. The SMILES string of the molecule is C=CCCCCO/C(C=O)=C(/C=N/N(C)/C(=C/C(C)=C\C)CC)N1CCN1. The van der Waals surface area contributed by atoms with Crippen LogP contribution in [0.4, 0.5) is 0 Å². The van der Waals surface area contributed by atoms with Crippen molar-refractivity contribution in [3.8, 4) is 0 Å². The third-order valence-electron chi connectivity index (χ3n) is 4.33. The van der Waals surface area contributed by atoms with Gasteiger partial charge in [-0.3, -0.25) is 9.80 Å². The van der Waals surface area contributed by atoms with E-state index in [0.717, 1.165) is 50.8 Å². The molecule has 0 aromatic carbocycles. The molecule has 0 bridgehead atoms. The lowest BCUT2D eigenvalue weighted by Gasteiger charge is -2.35. The zero-order valence-corrected chi connectivity index (χ0v) is 17.2. The molecule has 6 nitrogen and oxygen atoms in total. The maximum atomic E-state index is 11.6. The van der Waals surface area contributed by atoms with Gasteiger partial charge in [-0.1, -0.05) is 24.6 Å². The van der Waals surface area contributed by atoms with Crippen molar-refractivity contribution in [2.45, 2.75) is 46.5 Å². The fraction of sp³-hybridized carbons (Fsp3) is 0.524. The van der Waals surface area contributed by atoms with Crippen molar-refractivity contribution in [1.82, 2.24) is 15.4 Å². The minimum atomic E-state index is 0.310. The van der Waals surface area contributed by atoms with Gasteiger partial charge in [-0.15, -0.1) is 6.58 Å². The van der Waals surface area contributed by atoms with E-state index in [9.17, 15) is 4.79 Å². The zero-order valence-electron chi connectivity index (χ0n) is 17.2. The number of hydrogen-bond acceptors (Lipinski definition) is 6. The lowest BCUT2D eigenvalue weighted by Crippen LogP contribution is -2.53. The predicted octanol–water partition coefficient (Wildman–Crippen LogP) is 3.77. The molecule has 6 heteroatoms. The average Bonchev–Trinajstić information content (AvgIpc) is 2.64. The van der Waals surface area contributed by atoms with E-state index >= 15 is 0 Å². The molecule has 0 aromatic rings. The van der Waals surface area contributed by atoms with E-state index in [2.05, 4.69) is 43.1 Å². The number of nitrogens with zero attached hydrogens (tertiary/aromatic N) is 3. The average molecular weight is 375 g/mol. The number of nitrogens with one attached hydrogen (secondary N) is 1. The number of unbranched alkanes of at least 4 members (excludes halogenated alkanes) is 2. The van der Waals surface area contributed by atoms with E-state index in [-0.39, 0.29) is 0 Å². The molecule has 0 radical (unpaired) electrons. The van der Waals surface area contributed by atoms with Crippen LogP contribution in [0.15, 0.2) is 52.6 Å². The van der Waals surface area contributed by atoms with Crippen LogP contribution in [0, 0.1) is 0 Å². The van der Waals surface area contributed by atoms with E-state index in [4.69, 9.17) is 4.74 Å². The number of allylic oxidation sites excluding steroid dienone is 7. The molecule has 1 saturated heterocycles. The lowest BCUT2D eigenvalue weighted by atomic mass is 10.2. The molecule has 1 heterocycles. The molecule has 0 unspecified atom stereocenters. The lowest BCUT2D eigenvalue weighted by molar-refractivity contribution is -0.108. The van der Waals surface area contributed by atoms with Gasteiger partial charge in [0, 0.05) is 25.8 Å².